The number of benzene rings is 2. The van der Waals surface area contributed by atoms with E-state index in [1.165, 1.54) is 24.3 Å². The predicted octanol–water partition coefficient (Wildman–Crippen LogP) is 4.90. The third kappa shape index (κ3) is 3.99. The number of fused-ring (bicyclic) bond motifs is 1. The molecule has 0 unspecified atom stereocenters. The van der Waals surface area contributed by atoms with Crippen molar-refractivity contribution in [3.8, 4) is 0 Å². The maximum Gasteiger partial charge on any atom is 0.431 e. The van der Waals surface area contributed by atoms with Crippen LogP contribution in [-0.4, -0.2) is 10.9 Å². The largest absolute Gasteiger partial charge is 0.431 e. The highest BCUT2D eigenvalue weighted by molar-refractivity contribution is 5.94. The zero-order valence-corrected chi connectivity index (χ0v) is 13.0. The summed E-state index contributed by atoms with van der Waals surface area (Å²) in [6.45, 7) is 0. The highest BCUT2D eigenvalue weighted by Gasteiger charge is 2.32. The number of alkyl halides is 3. The summed E-state index contributed by atoms with van der Waals surface area (Å²) in [5.74, 6) is -0.710. The summed E-state index contributed by atoms with van der Waals surface area (Å²) in [6.07, 6.45) is -4.15. The van der Waals surface area contributed by atoms with E-state index < -0.39 is 11.9 Å². The zero-order valence-electron chi connectivity index (χ0n) is 13.0. The fourth-order valence-corrected chi connectivity index (χ4v) is 2.54. The van der Waals surface area contributed by atoms with Gasteiger partial charge in [-0.1, -0.05) is 18.2 Å². The van der Waals surface area contributed by atoms with Gasteiger partial charge in [-0.05, 0) is 42.3 Å². The number of hydrogen-bond donors (Lipinski definition) is 2. The van der Waals surface area contributed by atoms with E-state index in [2.05, 4.69) is 10.3 Å². The number of amides is 1. The minimum atomic E-state index is -4.46. The topological polar surface area (TPSA) is 44.9 Å². The second-order valence-electron chi connectivity index (χ2n) is 5.62. The highest BCUT2D eigenvalue weighted by Crippen LogP contribution is 2.31. The first-order valence-corrected chi connectivity index (χ1v) is 7.56. The molecule has 3 nitrogen and oxygen atoms in total. The van der Waals surface area contributed by atoms with Crippen molar-refractivity contribution in [2.45, 2.75) is 19.0 Å². The number of hydrogen-bond acceptors (Lipinski definition) is 1. The fourth-order valence-electron chi connectivity index (χ4n) is 2.54. The summed E-state index contributed by atoms with van der Waals surface area (Å²) in [5, 5.41) is 2.96. The summed E-state index contributed by atoms with van der Waals surface area (Å²) in [5.41, 5.74) is 0.314. The second kappa shape index (κ2) is 6.58. The van der Waals surface area contributed by atoms with E-state index in [1.807, 2.05) is 0 Å². The Morgan fingerprint density at radius 2 is 1.84 bits per heavy atom. The van der Waals surface area contributed by atoms with Gasteiger partial charge < -0.3 is 10.3 Å². The normalized spacial score (nSPS) is 11.7. The maximum atomic E-state index is 13.5. The molecule has 2 aromatic carbocycles. The van der Waals surface area contributed by atoms with Gasteiger partial charge in [0, 0.05) is 23.0 Å². The molecule has 0 aliphatic heterocycles. The molecule has 130 valence electrons. The first-order chi connectivity index (χ1) is 11.8. The lowest BCUT2D eigenvalue weighted by molar-refractivity contribution is -0.140. The van der Waals surface area contributed by atoms with Crippen molar-refractivity contribution in [1.82, 2.24) is 4.98 Å². The molecule has 2 N–H and O–H groups in total. The average Bonchev–Trinajstić information content (AvgIpc) is 2.98. The third-order valence-electron chi connectivity index (χ3n) is 3.79. The lowest BCUT2D eigenvalue weighted by atomic mass is 10.1. The summed E-state index contributed by atoms with van der Waals surface area (Å²) < 4.78 is 51.6. The van der Waals surface area contributed by atoms with Crippen LogP contribution in [0.4, 0.5) is 23.2 Å². The minimum Gasteiger partial charge on any atom is -0.351 e. The van der Waals surface area contributed by atoms with Crippen molar-refractivity contribution < 1.29 is 22.4 Å². The number of aromatic amines is 1. The van der Waals surface area contributed by atoms with Gasteiger partial charge in [0.1, 0.15) is 11.5 Å². The number of rotatable bonds is 4. The Balaban J connectivity index is 1.68. The van der Waals surface area contributed by atoms with Crippen LogP contribution in [0.2, 0.25) is 0 Å². The van der Waals surface area contributed by atoms with Gasteiger partial charge in [-0.15, -0.1) is 0 Å². The third-order valence-corrected chi connectivity index (χ3v) is 3.79. The van der Waals surface area contributed by atoms with Crippen LogP contribution in [-0.2, 0) is 17.4 Å². The molecule has 0 saturated carbocycles. The molecule has 0 atom stereocenters. The summed E-state index contributed by atoms with van der Waals surface area (Å²) in [7, 11) is 0. The molecule has 1 heterocycles. The van der Waals surface area contributed by atoms with Crippen molar-refractivity contribution in [3.63, 3.8) is 0 Å². The van der Waals surface area contributed by atoms with Crippen LogP contribution in [0.15, 0.2) is 48.5 Å². The molecule has 0 radical (unpaired) electrons. The quantitative estimate of drug-likeness (QED) is 0.646. The van der Waals surface area contributed by atoms with E-state index in [0.717, 1.165) is 6.07 Å². The van der Waals surface area contributed by atoms with E-state index in [1.54, 1.807) is 18.2 Å². The molecular formula is C18H14F4N2O. The number of carbonyl (C=O) groups is 1. The summed E-state index contributed by atoms with van der Waals surface area (Å²) in [6, 6.07) is 11.6. The van der Waals surface area contributed by atoms with Crippen molar-refractivity contribution in [1.29, 1.82) is 0 Å². The monoisotopic (exact) mass is 350 g/mol. The van der Waals surface area contributed by atoms with Gasteiger partial charge in [-0.25, -0.2) is 4.39 Å². The standard InChI is InChI=1S/C18H14F4N2O/c19-14-4-2-1-3-11(14)5-8-17(25)23-13-6-7-15-12(9-13)10-16(24-15)18(20,21)22/h1-4,6-7,9-10,24H,5,8H2,(H,23,25). The van der Waals surface area contributed by atoms with Gasteiger partial charge in [0.2, 0.25) is 5.91 Å². The van der Waals surface area contributed by atoms with Crippen LogP contribution in [0.5, 0.6) is 0 Å². The Kier molecular flexibility index (Phi) is 4.48. The second-order valence-corrected chi connectivity index (χ2v) is 5.62. The van der Waals surface area contributed by atoms with E-state index >= 15 is 0 Å². The summed E-state index contributed by atoms with van der Waals surface area (Å²) >= 11 is 0. The highest BCUT2D eigenvalue weighted by atomic mass is 19.4. The predicted molar refractivity (Wildman–Crippen MR) is 86.7 cm³/mol. The van der Waals surface area contributed by atoms with Gasteiger partial charge in [0.15, 0.2) is 0 Å². The molecule has 7 heteroatoms. The number of halogens is 4. The number of anilines is 1. The Hall–Kier alpha value is -2.83. The minimum absolute atomic E-state index is 0.0694. The van der Waals surface area contributed by atoms with Crippen molar-refractivity contribution in [3.05, 3.63) is 65.6 Å². The smallest absolute Gasteiger partial charge is 0.351 e. The molecule has 0 aliphatic carbocycles. The zero-order chi connectivity index (χ0) is 18.0. The Labute approximate surface area is 140 Å². The van der Waals surface area contributed by atoms with Crippen LogP contribution < -0.4 is 5.32 Å². The number of aryl methyl sites for hydroxylation is 1. The molecule has 0 bridgehead atoms. The molecule has 0 fully saturated rings. The lowest BCUT2D eigenvalue weighted by Gasteiger charge is -2.06. The molecule has 0 saturated heterocycles. The number of nitrogens with one attached hydrogen (secondary N) is 2. The van der Waals surface area contributed by atoms with Gasteiger partial charge in [0.25, 0.3) is 0 Å². The Bertz CT molecular complexity index is 915. The first-order valence-electron chi connectivity index (χ1n) is 7.56. The molecular weight excluding hydrogens is 336 g/mol. The number of carbonyl (C=O) groups excluding carboxylic acids is 1. The number of H-pyrrole nitrogens is 1. The number of aromatic nitrogens is 1. The van der Waals surface area contributed by atoms with Crippen LogP contribution >= 0.6 is 0 Å². The molecule has 1 aromatic heterocycles. The molecule has 3 aromatic rings. The molecule has 1 amide bonds. The maximum absolute atomic E-state index is 13.5. The van der Waals surface area contributed by atoms with E-state index in [4.69, 9.17) is 0 Å². The fraction of sp³-hybridized carbons (Fsp3) is 0.167. The van der Waals surface area contributed by atoms with E-state index in [9.17, 15) is 22.4 Å². The van der Waals surface area contributed by atoms with Crippen LogP contribution in [0, 0.1) is 5.82 Å². The molecule has 3 rings (SSSR count). The molecule has 25 heavy (non-hydrogen) atoms. The Morgan fingerprint density at radius 3 is 2.56 bits per heavy atom. The van der Waals surface area contributed by atoms with Gasteiger partial charge in [-0.3, -0.25) is 4.79 Å². The van der Waals surface area contributed by atoms with Crippen LogP contribution in [0.3, 0.4) is 0 Å². The first kappa shape index (κ1) is 17.0. The molecule has 0 spiro atoms. The van der Waals surface area contributed by atoms with Crippen LogP contribution in [0.1, 0.15) is 17.7 Å². The van der Waals surface area contributed by atoms with Crippen molar-refractivity contribution >= 4 is 22.5 Å². The SMILES string of the molecule is O=C(CCc1ccccc1F)Nc1ccc2[nH]c(C(F)(F)F)cc2c1. The Morgan fingerprint density at radius 1 is 1.08 bits per heavy atom. The van der Waals surface area contributed by atoms with Gasteiger partial charge >= 0.3 is 6.18 Å². The van der Waals surface area contributed by atoms with Gasteiger partial charge in [0.05, 0.1) is 0 Å². The van der Waals surface area contributed by atoms with E-state index in [-0.39, 0.29) is 24.6 Å². The van der Waals surface area contributed by atoms with Gasteiger partial charge in [-0.2, -0.15) is 13.2 Å². The van der Waals surface area contributed by atoms with Crippen molar-refractivity contribution in [2.24, 2.45) is 0 Å². The van der Waals surface area contributed by atoms with Crippen LogP contribution in [0.25, 0.3) is 10.9 Å². The summed E-state index contributed by atoms with van der Waals surface area (Å²) in [4.78, 5) is 14.3. The molecule has 0 aliphatic rings. The van der Waals surface area contributed by atoms with E-state index in [0.29, 0.717) is 22.2 Å². The lowest BCUT2D eigenvalue weighted by Crippen LogP contribution is -2.12. The van der Waals surface area contributed by atoms with Crippen molar-refractivity contribution in [2.75, 3.05) is 5.32 Å². The average molecular weight is 350 g/mol.